The van der Waals surface area contributed by atoms with Crippen LogP contribution in [-0.4, -0.2) is 41.3 Å². The maximum absolute atomic E-state index is 15.5. The van der Waals surface area contributed by atoms with Crippen LogP contribution in [0, 0.1) is 0 Å². The summed E-state index contributed by atoms with van der Waals surface area (Å²) in [6, 6.07) is 8.44. The highest BCUT2D eigenvalue weighted by atomic mass is 19.1. The number of hydrogen-bond donors (Lipinski definition) is 0. The second kappa shape index (κ2) is 9.42. The van der Waals surface area contributed by atoms with Gasteiger partial charge in [-0.25, -0.2) is 9.37 Å². The largest absolute Gasteiger partial charge is 0.495 e. The van der Waals surface area contributed by atoms with E-state index in [1.165, 1.54) is 32.8 Å². The molecule has 8 nitrogen and oxygen atoms in total. The lowest BCUT2D eigenvalue weighted by molar-refractivity contribution is 0.267. The number of nitrogens with zero attached hydrogens (tertiary/aromatic N) is 4. The molecule has 4 aromatic heterocycles. The van der Waals surface area contributed by atoms with E-state index in [0.717, 1.165) is 0 Å². The van der Waals surface area contributed by atoms with Gasteiger partial charge in [0.15, 0.2) is 11.9 Å². The highest BCUT2D eigenvalue weighted by Crippen LogP contribution is 2.35. The van der Waals surface area contributed by atoms with Crippen molar-refractivity contribution in [1.82, 2.24) is 19.9 Å². The molecule has 1 unspecified atom stereocenters. The molecule has 0 aromatic carbocycles. The molecule has 0 aliphatic rings. The Bertz CT molecular complexity index is 1220. The van der Waals surface area contributed by atoms with Gasteiger partial charge in [0.25, 0.3) is 5.88 Å². The number of halogens is 1. The normalized spacial score (nSPS) is 11.8. The zero-order valence-electron chi connectivity index (χ0n) is 17.8. The van der Waals surface area contributed by atoms with E-state index < -0.39 is 6.17 Å². The van der Waals surface area contributed by atoms with Gasteiger partial charge in [0.2, 0.25) is 0 Å². The van der Waals surface area contributed by atoms with Gasteiger partial charge in [-0.3, -0.25) is 15.0 Å². The third-order valence-electron chi connectivity index (χ3n) is 4.83. The molecule has 0 aliphatic carbocycles. The molecule has 0 N–H and O–H groups in total. The van der Waals surface area contributed by atoms with E-state index in [2.05, 4.69) is 19.9 Å². The second-order valence-electron chi connectivity index (χ2n) is 6.76. The summed E-state index contributed by atoms with van der Waals surface area (Å²) in [6.45, 7) is 0.173. The molecule has 164 valence electrons. The SMILES string of the molecule is COc1ccc(COc2ncc(C(F)c3ccnc4cc(OC)cnc34)cc2OC)nc1. The Balaban J connectivity index is 1.57. The Morgan fingerprint density at radius 2 is 1.66 bits per heavy atom. The predicted molar refractivity (Wildman–Crippen MR) is 115 cm³/mol. The van der Waals surface area contributed by atoms with E-state index in [0.29, 0.717) is 45.1 Å². The summed E-state index contributed by atoms with van der Waals surface area (Å²) in [4.78, 5) is 17.1. The average molecular weight is 436 g/mol. The number of rotatable bonds is 8. The Kier molecular flexibility index (Phi) is 6.25. The monoisotopic (exact) mass is 436 g/mol. The molecule has 0 fully saturated rings. The highest BCUT2D eigenvalue weighted by Gasteiger charge is 2.20. The average Bonchev–Trinajstić information content (AvgIpc) is 2.86. The van der Waals surface area contributed by atoms with Crippen LogP contribution in [0.25, 0.3) is 11.0 Å². The minimum atomic E-state index is -1.49. The molecule has 4 rings (SSSR count). The van der Waals surface area contributed by atoms with Crippen molar-refractivity contribution in [1.29, 1.82) is 0 Å². The van der Waals surface area contributed by atoms with Gasteiger partial charge in [-0.1, -0.05) is 0 Å². The number of fused-ring (bicyclic) bond motifs is 1. The number of alkyl halides is 1. The van der Waals surface area contributed by atoms with Gasteiger partial charge in [-0.15, -0.1) is 0 Å². The van der Waals surface area contributed by atoms with E-state index in [1.807, 2.05) is 0 Å². The molecule has 0 spiro atoms. The molecule has 4 aromatic rings. The zero-order valence-corrected chi connectivity index (χ0v) is 17.8. The van der Waals surface area contributed by atoms with Crippen LogP contribution < -0.4 is 18.9 Å². The maximum Gasteiger partial charge on any atom is 0.257 e. The Morgan fingerprint density at radius 1 is 0.844 bits per heavy atom. The fraction of sp³-hybridized carbons (Fsp3) is 0.217. The van der Waals surface area contributed by atoms with Gasteiger partial charge in [0, 0.05) is 29.6 Å². The van der Waals surface area contributed by atoms with Gasteiger partial charge in [0.05, 0.1) is 50.5 Å². The van der Waals surface area contributed by atoms with Crippen LogP contribution in [0.1, 0.15) is 23.0 Å². The van der Waals surface area contributed by atoms with Crippen LogP contribution in [0.2, 0.25) is 0 Å². The lowest BCUT2D eigenvalue weighted by atomic mass is 10.0. The fourth-order valence-electron chi connectivity index (χ4n) is 3.13. The molecule has 0 amide bonds. The van der Waals surface area contributed by atoms with Crippen molar-refractivity contribution in [3.63, 3.8) is 0 Å². The molecule has 0 saturated heterocycles. The first-order chi connectivity index (χ1) is 15.6. The van der Waals surface area contributed by atoms with Crippen molar-refractivity contribution in [3.8, 4) is 23.1 Å². The number of pyridine rings is 4. The summed E-state index contributed by atoms with van der Waals surface area (Å²) in [5.41, 5.74) is 2.35. The van der Waals surface area contributed by atoms with E-state index >= 15 is 4.39 Å². The van der Waals surface area contributed by atoms with E-state index in [-0.39, 0.29) is 12.5 Å². The van der Waals surface area contributed by atoms with Crippen LogP contribution in [0.15, 0.2) is 55.1 Å². The molecule has 4 heterocycles. The third-order valence-corrected chi connectivity index (χ3v) is 4.83. The van der Waals surface area contributed by atoms with Crippen molar-refractivity contribution in [2.24, 2.45) is 0 Å². The van der Waals surface area contributed by atoms with E-state index in [4.69, 9.17) is 18.9 Å². The lowest BCUT2D eigenvalue weighted by Crippen LogP contribution is -2.04. The van der Waals surface area contributed by atoms with Crippen LogP contribution in [0.4, 0.5) is 4.39 Å². The van der Waals surface area contributed by atoms with Crippen molar-refractivity contribution in [3.05, 3.63) is 71.9 Å². The molecule has 32 heavy (non-hydrogen) atoms. The number of ether oxygens (including phenoxy) is 4. The third kappa shape index (κ3) is 4.36. The number of hydrogen-bond acceptors (Lipinski definition) is 8. The molecule has 9 heteroatoms. The molecule has 0 radical (unpaired) electrons. The summed E-state index contributed by atoms with van der Waals surface area (Å²) in [6.07, 6.45) is 4.60. The van der Waals surface area contributed by atoms with Crippen molar-refractivity contribution in [2.75, 3.05) is 21.3 Å². The highest BCUT2D eigenvalue weighted by molar-refractivity contribution is 5.79. The Hall–Kier alpha value is -4.01. The molecule has 0 bridgehead atoms. The Labute approximate surface area is 184 Å². The van der Waals surface area contributed by atoms with Crippen molar-refractivity contribution < 1.29 is 23.3 Å². The second-order valence-corrected chi connectivity index (χ2v) is 6.76. The summed E-state index contributed by atoms with van der Waals surface area (Å²) in [7, 11) is 4.59. The molecule has 0 aliphatic heterocycles. The van der Waals surface area contributed by atoms with E-state index in [9.17, 15) is 0 Å². The van der Waals surface area contributed by atoms with Gasteiger partial charge < -0.3 is 18.9 Å². The first-order valence-electron chi connectivity index (χ1n) is 9.71. The van der Waals surface area contributed by atoms with Gasteiger partial charge in [0.1, 0.15) is 18.1 Å². The van der Waals surface area contributed by atoms with Crippen LogP contribution in [0.3, 0.4) is 0 Å². The van der Waals surface area contributed by atoms with Gasteiger partial charge in [-0.2, -0.15) is 0 Å². The van der Waals surface area contributed by atoms with Crippen molar-refractivity contribution in [2.45, 2.75) is 12.8 Å². The van der Waals surface area contributed by atoms with Crippen LogP contribution in [-0.2, 0) is 6.61 Å². The number of aromatic nitrogens is 4. The zero-order chi connectivity index (χ0) is 22.5. The number of methoxy groups -OCH3 is 3. The summed E-state index contributed by atoms with van der Waals surface area (Å²) in [5, 5.41) is 0. The predicted octanol–water partition coefficient (Wildman–Crippen LogP) is 4.08. The fourth-order valence-corrected chi connectivity index (χ4v) is 3.13. The minimum absolute atomic E-state index is 0.173. The molecule has 0 saturated carbocycles. The first-order valence-corrected chi connectivity index (χ1v) is 9.71. The minimum Gasteiger partial charge on any atom is -0.495 e. The van der Waals surface area contributed by atoms with Crippen LogP contribution in [0.5, 0.6) is 23.1 Å². The summed E-state index contributed by atoms with van der Waals surface area (Å²) < 4.78 is 36.9. The molecular formula is C23H21FN4O4. The molecule has 1 atom stereocenters. The Morgan fingerprint density at radius 3 is 2.38 bits per heavy atom. The van der Waals surface area contributed by atoms with Crippen molar-refractivity contribution >= 4 is 11.0 Å². The molecular weight excluding hydrogens is 415 g/mol. The standard InChI is InChI=1S/C23H21FN4O4/c1-29-16-5-4-15(26-11-16)13-32-23-20(31-3)8-14(10-28-23)21(24)18-6-7-25-19-9-17(30-2)12-27-22(18)19/h4-12,21H,13H2,1-3H3. The summed E-state index contributed by atoms with van der Waals surface area (Å²) in [5.74, 6) is 1.75. The van der Waals surface area contributed by atoms with Gasteiger partial charge in [-0.05, 0) is 24.3 Å². The quantitative estimate of drug-likeness (QED) is 0.408. The van der Waals surface area contributed by atoms with Crippen LogP contribution >= 0.6 is 0 Å². The lowest BCUT2D eigenvalue weighted by Gasteiger charge is -2.14. The smallest absolute Gasteiger partial charge is 0.257 e. The summed E-state index contributed by atoms with van der Waals surface area (Å²) >= 11 is 0. The topological polar surface area (TPSA) is 88.5 Å². The first kappa shape index (κ1) is 21.2. The maximum atomic E-state index is 15.5. The van der Waals surface area contributed by atoms with E-state index in [1.54, 1.807) is 43.6 Å². The van der Waals surface area contributed by atoms with Gasteiger partial charge >= 0.3 is 0 Å².